The molecule has 0 aliphatic rings. The van der Waals surface area contributed by atoms with Gasteiger partial charge in [0.25, 0.3) is 0 Å². The summed E-state index contributed by atoms with van der Waals surface area (Å²) in [4.78, 5) is 26.6. The zero-order valence-corrected chi connectivity index (χ0v) is 12.5. The van der Waals surface area contributed by atoms with Crippen LogP contribution < -0.4 is 10.6 Å². The molecule has 114 valence electrons. The molecule has 0 rings (SSSR count). The summed E-state index contributed by atoms with van der Waals surface area (Å²) in [6, 6.07) is 0. The second-order valence-electron chi connectivity index (χ2n) is 4.43. The zero-order chi connectivity index (χ0) is 15.4. The third-order valence-electron chi connectivity index (χ3n) is 2.85. The van der Waals surface area contributed by atoms with Gasteiger partial charge in [0.05, 0.1) is 0 Å². The smallest absolute Gasteiger partial charge is 0.246 e. The Balaban J connectivity index is 4.14. The topological polar surface area (TPSA) is 64.7 Å². The first-order valence-corrected chi connectivity index (χ1v) is 6.69. The third kappa shape index (κ3) is 8.44. The van der Waals surface area contributed by atoms with E-state index in [9.17, 15) is 9.59 Å². The number of hydrogen-bond acceptors (Lipinski definition) is 4. The van der Waals surface area contributed by atoms with Crippen molar-refractivity contribution >= 4 is 11.8 Å². The lowest BCUT2D eigenvalue weighted by atomic mass is 10.4. The molecule has 0 aromatic heterocycles. The lowest BCUT2D eigenvalue weighted by Crippen LogP contribution is -2.42. The van der Waals surface area contributed by atoms with Gasteiger partial charge < -0.3 is 20.4 Å². The van der Waals surface area contributed by atoms with Gasteiger partial charge in [-0.05, 0) is 26.2 Å². The lowest BCUT2D eigenvalue weighted by molar-refractivity contribution is -0.126. The zero-order valence-electron chi connectivity index (χ0n) is 12.5. The lowest BCUT2D eigenvalue weighted by Gasteiger charge is -2.24. The average Bonchev–Trinajstić information content (AvgIpc) is 2.47. The van der Waals surface area contributed by atoms with Gasteiger partial charge in [-0.15, -0.1) is 0 Å². The van der Waals surface area contributed by atoms with E-state index in [1.165, 1.54) is 12.2 Å². The maximum absolute atomic E-state index is 11.7. The summed E-state index contributed by atoms with van der Waals surface area (Å²) < 4.78 is 0. The summed E-state index contributed by atoms with van der Waals surface area (Å²) in [5.74, 6) is -0.359. The van der Waals surface area contributed by atoms with Crippen LogP contribution in [0.2, 0.25) is 0 Å². The van der Waals surface area contributed by atoms with Gasteiger partial charge in [0, 0.05) is 39.3 Å². The van der Waals surface area contributed by atoms with E-state index in [0.29, 0.717) is 19.6 Å². The summed E-state index contributed by atoms with van der Waals surface area (Å²) in [6.07, 6.45) is 2.51. The number of hydrogen-bond donors (Lipinski definition) is 2. The second kappa shape index (κ2) is 11.2. The minimum absolute atomic E-state index is 0.125. The first-order valence-electron chi connectivity index (χ1n) is 6.69. The minimum Gasteiger partial charge on any atom is -0.351 e. The van der Waals surface area contributed by atoms with Crippen molar-refractivity contribution in [2.24, 2.45) is 0 Å². The van der Waals surface area contributed by atoms with Gasteiger partial charge in [0.2, 0.25) is 11.8 Å². The van der Waals surface area contributed by atoms with Crippen molar-refractivity contribution < 1.29 is 9.59 Å². The van der Waals surface area contributed by atoms with Crippen molar-refractivity contribution in [1.82, 2.24) is 20.4 Å². The van der Waals surface area contributed by atoms with Crippen LogP contribution in [-0.2, 0) is 9.59 Å². The summed E-state index contributed by atoms with van der Waals surface area (Å²) in [5, 5.41) is 5.73. The van der Waals surface area contributed by atoms with Crippen molar-refractivity contribution in [3.63, 3.8) is 0 Å². The summed E-state index contributed by atoms with van der Waals surface area (Å²) in [6.45, 7) is 10.9. The number of nitrogens with one attached hydrogen (secondary N) is 2. The monoisotopic (exact) mass is 282 g/mol. The summed E-state index contributed by atoms with van der Waals surface area (Å²) >= 11 is 0. The van der Waals surface area contributed by atoms with E-state index >= 15 is 0 Å². The molecule has 0 unspecified atom stereocenters. The Labute approximate surface area is 121 Å². The Hall–Kier alpha value is -1.66. The Morgan fingerprint density at radius 2 is 1.75 bits per heavy atom. The van der Waals surface area contributed by atoms with Crippen LogP contribution in [0.5, 0.6) is 0 Å². The van der Waals surface area contributed by atoms with E-state index in [2.05, 4.69) is 28.7 Å². The number of rotatable bonds is 11. The molecule has 6 nitrogen and oxygen atoms in total. The molecule has 2 amide bonds. The number of carbonyl (C=O) groups is 2. The van der Waals surface area contributed by atoms with E-state index in [4.69, 9.17) is 0 Å². The van der Waals surface area contributed by atoms with Crippen LogP contribution in [0.25, 0.3) is 0 Å². The first-order chi connectivity index (χ1) is 9.54. The third-order valence-corrected chi connectivity index (χ3v) is 2.85. The van der Waals surface area contributed by atoms with Crippen molar-refractivity contribution in [2.45, 2.75) is 0 Å². The number of carbonyl (C=O) groups excluding carboxylic acids is 2. The van der Waals surface area contributed by atoms with Crippen molar-refractivity contribution in [1.29, 1.82) is 0 Å². The minimum atomic E-state index is -0.234. The molecule has 0 aliphatic heterocycles. The van der Waals surface area contributed by atoms with E-state index in [1.807, 2.05) is 14.1 Å². The highest BCUT2D eigenvalue weighted by molar-refractivity contribution is 5.88. The van der Waals surface area contributed by atoms with E-state index < -0.39 is 0 Å². The van der Waals surface area contributed by atoms with Gasteiger partial charge >= 0.3 is 0 Å². The standard InChI is InChI=1S/C14H26N4O2/c1-5-13(19)16-8-10-18(14(20)6-2)12-11-17(4)9-7-15-3/h5-6,15H,1-2,7-12H2,3-4H3,(H,16,19). The molecule has 20 heavy (non-hydrogen) atoms. The molecule has 0 aromatic carbocycles. The predicted molar refractivity (Wildman–Crippen MR) is 81.4 cm³/mol. The van der Waals surface area contributed by atoms with Crippen molar-refractivity contribution in [2.75, 3.05) is 53.4 Å². The van der Waals surface area contributed by atoms with Gasteiger partial charge in [-0.2, -0.15) is 0 Å². The average molecular weight is 282 g/mol. The Morgan fingerprint density at radius 1 is 1.05 bits per heavy atom. The molecule has 2 N–H and O–H groups in total. The summed E-state index contributed by atoms with van der Waals surface area (Å²) in [7, 11) is 3.91. The van der Waals surface area contributed by atoms with Gasteiger partial charge in [0.1, 0.15) is 0 Å². The molecule has 0 bridgehead atoms. The molecule has 0 spiro atoms. The molecule has 0 saturated carbocycles. The van der Waals surface area contributed by atoms with Gasteiger partial charge in [0.15, 0.2) is 0 Å². The van der Waals surface area contributed by atoms with Crippen LogP contribution >= 0.6 is 0 Å². The SMILES string of the molecule is C=CC(=O)NCCN(CCN(C)CCNC)C(=O)C=C. The van der Waals surface area contributed by atoms with Crippen LogP contribution in [0, 0.1) is 0 Å². The Bertz CT molecular complexity index is 331. The molecule has 0 atom stereocenters. The largest absolute Gasteiger partial charge is 0.351 e. The van der Waals surface area contributed by atoms with Crippen molar-refractivity contribution in [3.05, 3.63) is 25.3 Å². The maximum atomic E-state index is 11.7. The predicted octanol–water partition coefficient (Wildman–Crippen LogP) is -0.546. The van der Waals surface area contributed by atoms with Crippen LogP contribution in [-0.4, -0.2) is 75.0 Å². The number of amides is 2. The molecule has 0 aliphatic carbocycles. The van der Waals surface area contributed by atoms with Crippen molar-refractivity contribution in [3.8, 4) is 0 Å². The molecular formula is C14H26N4O2. The van der Waals surface area contributed by atoms with E-state index in [1.54, 1.807) is 4.90 Å². The number of likely N-dealkylation sites (N-methyl/N-ethyl adjacent to an activating group) is 2. The molecule has 0 heterocycles. The normalized spacial score (nSPS) is 10.2. The Kier molecular flexibility index (Phi) is 10.3. The van der Waals surface area contributed by atoms with E-state index in [-0.39, 0.29) is 11.8 Å². The quantitative estimate of drug-likeness (QED) is 0.499. The first kappa shape index (κ1) is 18.3. The molecule has 0 radical (unpaired) electrons. The molecular weight excluding hydrogens is 256 g/mol. The van der Waals surface area contributed by atoms with Crippen LogP contribution in [0.3, 0.4) is 0 Å². The highest BCUT2D eigenvalue weighted by Gasteiger charge is 2.11. The maximum Gasteiger partial charge on any atom is 0.246 e. The molecule has 0 fully saturated rings. The van der Waals surface area contributed by atoms with Crippen LogP contribution in [0.1, 0.15) is 0 Å². The Morgan fingerprint density at radius 3 is 2.30 bits per heavy atom. The van der Waals surface area contributed by atoms with E-state index in [0.717, 1.165) is 19.6 Å². The fourth-order valence-electron chi connectivity index (χ4n) is 1.55. The van der Waals surface area contributed by atoms with Crippen LogP contribution in [0.15, 0.2) is 25.3 Å². The van der Waals surface area contributed by atoms with Gasteiger partial charge in [-0.25, -0.2) is 0 Å². The summed E-state index contributed by atoms with van der Waals surface area (Å²) in [5.41, 5.74) is 0. The fourth-order valence-corrected chi connectivity index (χ4v) is 1.55. The number of nitrogens with zero attached hydrogens (tertiary/aromatic N) is 2. The molecule has 0 saturated heterocycles. The highest BCUT2D eigenvalue weighted by atomic mass is 16.2. The molecule has 0 aromatic rings. The highest BCUT2D eigenvalue weighted by Crippen LogP contribution is 1.92. The fraction of sp³-hybridized carbons (Fsp3) is 0.571. The van der Waals surface area contributed by atoms with Crippen LogP contribution in [0.4, 0.5) is 0 Å². The van der Waals surface area contributed by atoms with Gasteiger partial charge in [-0.3, -0.25) is 9.59 Å². The second-order valence-corrected chi connectivity index (χ2v) is 4.43. The molecule has 6 heteroatoms. The van der Waals surface area contributed by atoms with Gasteiger partial charge in [-0.1, -0.05) is 13.2 Å².